The molecule has 1 unspecified atom stereocenters. The van der Waals surface area contributed by atoms with Crippen LogP contribution in [0.15, 0.2) is 59.7 Å². The van der Waals surface area contributed by atoms with Crippen molar-refractivity contribution in [2.75, 3.05) is 0 Å². The topological polar surface area (TPSA) is 39.2 Å². The second-order valence-electron chi connectivity index (χ2n) is 5.14. The smallest absolute Gasteiger partial charge is 0.121 e. The van der Waals surface area contributed by atoms with Crippen molar-refractivity contribution in [3.05, 3.63) is 61.1 Å². The van der Waals surface area contributed by atoms with E-state index in [1.54, 1.807) is 6.26 Å². The van der Waals surface area contributed by atoms with E-state index in [4.69, 9.17) is 10.2 Å². The molecule has 20 heavy (non-hydrogen) atoms. The van der Waals surface area contributed by atoms with Crippen LogP contribution in [-0.4, -0.2) is 0 Å². The lowest BCUT2D eigenvalue weighted by Crippen LogP contribution is -2.08. The maximum atomic E-state index is 6.19. The molecule has 106 valence electrons. The first kappa shape index (κ1) is 14.6. The zero-order valence-corrected chi connectivity index (χ0v) is 11.9. The average Bonchev–Trinajstić information content (AvgIpc) is 2.98. The maximum Gasteiger partial charge on any atom is 0.121 e. The van der Waals surface area contributed by atoms with E-state index in [1.807, 2.05) is 24.3 Å². The third-order valence-corrected chi connectivity index (χ3v) is 3.52. The van der Waals surface area contributed by atoms with Crippen molar-refractivity contribution >= 4 is 0 Å². The van der Waals surface area contributed by atoms with Crippen molar-refractivity contribution in [1.82, 2.24) is 0 Å². The van der Waals surface area contributed by atoms with Gasteiger partial charge in [-0.05, 0) is 30.9 Å². The molecule has 2 nitrogen and oxygen atoms in total. The fourth-order valence-corrected chi connectivity index (χ4v) is 2.30. The summed E-state index contributed by atoms with van der Waals surface area (Å²) in [4.78, 5) is 0. The molecule has 0 spiro atoms. The van der Waals surface area contributed by atoms with Crippen LogP contribution in [0.2, 0.25) is 0 Å². The highest BCUT2D eigenvalue weighted by Crippen LogP contribution is 2.26. The first-order valence-corrected chi connectivity index (χ1v) is 7.31. The quantitative estimate of drug-likeness (QED) is 0.536. The van der Waals surface area contributed by atoms with Crippen LogP contribution in [0.5, 0.6) is 0 Å². The third-order valence-electron chi connectivity index (χ3n) is 3.52. The Bertz CT molecular complexity index is 515. The second-order valence-corrected chi connectivity index (χ2v) is 5.14. The van der Waals surface area contributed by atoms with Crippen LogP contribution < -0.4 is 5.73 Å². The molecule has 0 aliphatic rings. The van der Waals surface area contributed by atoms with Crippen LogP contribution in [0.3, 0.4) is 0 Å². The number of allylic oxidation sites excluding steroid dienone is 1. The van der Waals surface area contributed by atoms with Gasteiger partial charge in [0.05, 0.1) is 12.3 Å². The first-order valence-electron chi connectivity index (χ1n) is 7.31. The lowest BCUT2D eigenvalue weighted by Gasteiger charge is -2.07. The number of hydrogen-bond donors (Lipinski definition) is 1. The largest absolute Gasteiger partial charge is 0.467 e. The SMILES string of the molecule is C=CCCCCCC(N)c1cc(-c2ccccc2)co1. The summed E-state index contributed by atoms with van der Waals surface area (Å²) in [5, 5.41) is 0. The van der Waals surface area contributed by atoms with Gasteiger partial charge >= 0.3 is 0 Å². The molecule has 1 heterocycles. The molecule has 2 heteroatoms. The number of hydrogen-bond acceptors (Lipinski definition) is 2. The Balaban J connectivity index is 1.87. The van der Waals surface area contributed by atoms with Gasteiger partial charge in [-0.15, -0.1) is 6.58 Å². The Labute approximate surface area is 121 Å². The van der Waals surface area contributed by atoms with Crippen LogP contribution >= 0.6 is 0 Å². The highest BCUT2D eigenvalue weighted by Gasteiger charge is 2.11. The van der Waals surface area contributed by atoms with Gasteiger partial charge in [0.25, 0.3) is 0 Å². The first-order chi connectivity index (χ1) is 9.81. The molecule has 0 fully saturated rings. The summed E-state index contributed by atoms with van der Waals surface area (Å²) in [6.07, 6.45) is 9.36. The van der Waals surface area contributed by atoms with Gasteiger partial charge in [0.1, 0.15) is 5.76 Å². The van der Waals surface area contributed by atoms with E-state index in [0.29, 0.717) is 0 Å². The molecule has 0 saturated heterocycles. The zero-order chi connectivity index (χ0) is 14.2. The Morgan fingerprint density at radius 1 is 1.10 bits per heavy atom. The Kier molecular flexibility index (Phi) is 5.63. The number of benzene rings is 1. The van der Waals surface area contributed by atoms with Crippen LogP contribution in [0.1, 0.15) is 43.9 Å². The van der Waals surface area contributed by atoms with Crippen LogP contribution in [0.25, 0.3) is 11.1 Å². The summed E-state index contributed by atoms with van der Waals surface area (Å²) in [6.45, 7) is 3.73. The lowest BCUT2D eigenvalue weighted by atomic mass is 10.0. The normalized spacial score (nSPS) is 12.2. The minimum Gasteiger partial charge on any atom is -0.467 e. The molecule has 0 saturated carbocycles. The molecule has 0 aliphatic carbocycles. The highest BCUT2D eigenvalue weighted by molar-refractivity contribution is 5.62. The van der Waals surface area contributed by atoms with Crippen LogP contribution in [-0.2, 0) is 0 Å². The summed E-state index contributed by atoms with van der Waals surface area (Å²) in [6, 6.07) is 12.3. The summed E-state index contributed by atoms with van der Waals surface area (Å²) < 4.78 is 5.62. The molecule has 0 aliphatic heterocycles. The van der Waals surface area contributed by atoms with E-state index in [1.165, 1.54) is 18.4 Å². The standard InChI is InChI=1S/C18H23NO/c1-2-3-4-5-9-12-17(19)18-13-16(14-20-18)15-10-7-6-8-11-15/h2,6-8,10-11,13-14,17H,1,3-5,9,12,19H2. The summed E-state index contributed by atoms with van der Waals surface area (Å²) in [5.74, 6) is 0.882. The van der Waals surface area contributed by atoms with E-state index >= 15 is 0 Å². The van der Waals surface area contributed by atoms with Crippen molar-refractivity contribution in [2.45, 2.75) is 38.1 Å². The zero-order valence-electron chi connectivity index (χ0n) is 11.9. The van der Waals surface area contributed by atoms with E-state index < -0.39 is 0 Å². The van der Waals surface area contributed by atoms with Gasteiger partial charge in [0.15, 0.2) is 0 Å². The van der Waals surface area contributed by atoms with Gasteiger partial charge in [-0.2, -0.15) is 0 Å². The Morgan fingerprint density at radius 3 is 2.65 bits per heavy atom. The Hall–Kier alpha value is -1.80. The second kappa shape index (κ2) is 7.71. The molecule has 0 bridgehead atoms. The molecule has 1 aromatic heterocycles. The fourth-order valence-electron chi connectivity index (χ4n) is 2.30. The number of nitrogens with two attached hydrogens (primary N) is 1. The maximum absolute atomic E-state index is 6.19. The monoisotopic (exact) mass is 269 g/mol. The van der Waals surface area contributed by atoms with E-state index in [2.05, 4.69) is 24.8 Å². The van der Waals surface area contributed by atoms with Gasteiger partial charge < -0.3 is 10.2 Å². The third kappa shape index (κ3) is 4.10. The van der Waals surface area contributed by atoms with Gasteiger partial charge in [-0.1, -0.05) is 49.2 Å². The van der Waals surface area contributed by atoms with Gasteiger partial charge in [0.2, 0.25) is 0 Å². The van der Waals surface area contributed by atoms with Crippen molar-refractivity contribution in [1.29, 1.82) is 0 Å². The molecule has 0 amide bonds. The van der Waals surface area contributed by atoms with E-state index in [9.17, 15) is 0 Å². The van der Waals surface area contributed by atoms with Gasteiger partial charge in [-0.3, -0.25) is 0 Å². The summed E-state index contributed by atoms with van der Waals surface area (Å²) in [7, 11) is 0. The minimum absolute atomic E-state index is 0.00352. The highest BCUT2D eigenvalue weighted by atomic mass is 16.3. The molecule has 0 radical (unpaired) electrons. The molecule has 1 aromatic carbocycles. The molecular formula is C18H23NO. The van der Waals surface area contributed by atoms with Crippen molar-refractivity contribution in [3.8, 4) is 11.1 Å². The molecule has 2 aromatic rings. The van der Waals surface area contributed by atoms with Crippen molar-refractivity contribution < 1.29 is 4.42 Å². The minimum atomic E-state index is -0.00352. The molecular weight excluding hydrogens is 246 g/mol. The number of rotatable bonds is 8. The fraction of sp³-hybridized carbons (Fsp3) is 0.333. The molecule has 2 N–H and O–H groups in total. The van der Waals surface area contributed by atoms with Crippen LogP contribution in [0, 0.1) is 0 Å². The van der Waals surface area contributed by atoms with E-state index in [-0.39, 0.29) is 6.04 Å². The van der Waals surface area contributed by atoms with Crippen LogP contribution in [0.4, 0.5) is 0 Å². The number of unbranched alkanes of at least 4 members (excludes halogenated alkanes) is 3. The predicted octanol–water partition coefficient (Wildman–Crippen LogP) is 5.08. The predicted molar refractivity (Wildman–Crippen MR) is 84.4 cm³/mol. The molecule has 2 rings (SSSR count). The summed E-state index contributed by atoms with van der Waals surface area (Å²) in [5.41, 5.74) is 8.45. The van der Waals surface area contributed by atoms with Gasteiger partial charge in [-0.25, -0.2) is 0 Å². The average molecular weight is 269 g/mol. The summed E-state index contributed by atoms with van der Waals surface area (Å²) >= 11 is 0. The molecule has 1 atom stereocenters. The Morgan fingerprint density at radius 2 is 1.90 bits per heavy atom. The van der Waals surface area contributed by atoms with Crippen molar-refractivity contribution in [2.24, 2.45) is 5.73 Å². The van der Waals surface area contributed by atoms with Gasteiger partial charge in [0, 0.05) is 5.56 Å². The van der Waals surface area contributed by atoms with E-state index in [0.717, 1.165) is 30.6 Å². The number of furan rings is 1. The lowest BCUT2D eigenvalue weighted by molar-refractivity contribution is 0.441. The van der Waals surface area contributed by atoms with Crippen molar-refractivity contribution in [3.63, 3.8) is 0 Å².